The molecule has 1 aromatic rings. The molecule has 1 unspecified atom stereocenters. The smallest absolute Gasteiger partial charge is 0.213 e. The van der Waals surface area contributed by atoms with Gasteiger partial charge in [0, 0.05) is 25.6 Å². The van der Waals surface area contributed by atoms with Crippen molar-refractivity contribution in [3.8, 4) is 0 Å². The summed E-state index contributed by atoms with van der Waals surface area (Å²) in [5, 5.41) is 6.72. The highest BCUT2D eigenvalue weighted by Crippen LogP contribution is 2.22. The largest absolute Gasteiger partial charge is 0.443 e. The van der Waals surface area contributed by atoms with Crippen LogP contribution in [0.15, 0.2) is 15.6 Å². The van der Waals surface area contributed by atoms with E-state index < -0.39 is 0 Å². The van der Waals surface area contributed by atoms with Crippen molar-refractivity contribution >= 4 is 5.96 Å². The van der Waals surface area contributed by atoms with E-state index in [0.717, 1.165) is 24.8 Å². The number of aromatic nitrogens is 1. The normalized spacial score (nSPS) is 20.2. The molecule has 24 heavy (non-hydrogen) atoms. The minimum absolute atomic E-state index is 0.0166. The van der Waals surface area contributed by atoms with Crippen molar-refractivity contribution < 1.29 is 4.42 Å². The molecular formula is C18H33N5O. The summed E-state index contributed by atoms with van der Waals surface area (Å²) < 4.78 is 5.80. The molecule has 0 aromatic carbocycles. The molecule has 0 bridgehead atoms. The number of hydrogen-bond donors (Lipinski definition) is 2. The highest BCUT2D eigenvalue weighted by atomic mass is 16.4. The molecule has 2 heterocycles. The summed E-state index contributed by atoms with van der Waals surface area (Å²) in [4.78, 5) is 11.2. The van der Waals surface area contributed by atoms with E-state index in [1.54, 1.807) is 7.05 Å². The van der Waals surface area contributed by atoms with Crippen LogP contribution < -0.4 is 10.6 Å². The molecule has 0 spiro atoms. The molecule has 136 valence electrons. The van der Waals surface area contributed by atoms with E-state index in [9.17, 15) is 0 Å². The van der Waals surface area contributed by atoms with Crippen LogP contribution in [-0.2, 0) is 12.0 Å². The molecule has 0 amide bonds. The van der Waals surface area contributed by atoms with Gasteiger partial charge >= 0.3 is 0 Å². The molecule has 2 rings (SSSR count). The van der Waals surface area contributed by atoms with Crippen molar-refractivity contribution in [1.29, 1.82) is 0 Å². The highest BCUT2D eigenvalue weighted by molar-refractivity contribution is 5.79. The molecule has 1 atom stereocenters. The third-order valence-corrected chi connectivity index (χ3v) is 4.53. The fourth-order valence-electron chi connectivity index (χ4n) is 2.96. The van der Waals surface area contributed by atoms with Crippen molar-refractivity contribution in [2.75, 3.05) is 33.2 Å². The van der Waals surface area contributed by atoms with Gasteiger partial charge in [-0.05, 0) is 31.8 Å². The molecule has 1 fully saturated rings. The lowest BCUT2D eigenvalue weighted by molar-refractivity contribution is 0.183. The molecule has 1 aliphatic heterocycles. The van der Waals surface area contributed by atoms with Gasteiger partial charge in [-0.25, -0.2) is 4.98 Å². The lowest BCUT2D eigenvalue weighted by atomic mass is 9.94. The number of hydrogen-bond acceptors (Lipinski definition) is 4. The van der Waals surface area contributed by atoms with Gasteiger partial charge < -0.3 is 20.0 Å². The highest BCUT2D eigenvalue weighted by Gasteiger charge is 2.20. The summed E-state index contributed by atoms with van der Waals surface area (Å²) in [6, 6.07) is 0. The Morgan fingerprint density at radius 1 is 1.42 bits per heavy atom. The third-order valence-electron chi connectivity index (χ3n) is 4.53. The molecule has 1 aliphatic rings. The zero-order valence-electron chi connectivity index (χ0n) is 15.9. The van der Waals surface area contributed by atoms with Crippen LogP contribution in [0.5, 0.6) is 0 Å². The van der Waals surface area contributed by atoms with Gasteiger partial charge in [0.25, 0.3) is 0 Å². The van der Waals surface area contributed by atoms with Crippen LogP contribution in [0.3, 0.4) is 0 Å². The predicted molar refractivity (Wildman–Crippen MR) is 98.2 cm³/mol. The van der Waals surface area contributed by atoms with Crippen molar-refractivity contribution in [3.63, 3.8) is 0 Å². The number of nitrogens with one attached hydrogen (secondary N) is 2. The first-order valence-corrected chi connectivity index (χ1v) is 9.04. The maximum absolute atomic E-state index is 5.80. The Bertz CT molecular complexity index is 532. The predicted octanol–water partition coefficient (Wildman–Crippen LogP) is 2.37. The number of oxazole rings is 1. The average molecular weight is 335 g/mol. The molecule has 0 saturated carbocycles. The Labute approximate surface area is 146 Å². The molecule has 0 radical (unpaired) electrons. The topological polar surface area (TPSA) is 65.7 Å². The molecule has 2 N–H and O–H groups in total. The van der Waals surface area contributed by atoms with Gasteiger partial charge in [-0.3, -0.25) is 4.99 Å². The maximum atomic E-state index is 5.80. The summed E-state index contributed by atoms with van der Waals surface area (Å²) in [6.45, 7) is 13.6. The molecule has 6 nitrogen and oxygen atoms in total. The van der Waals surface area contributed by atoms with Crippen LogP contribution in [0, 0.1) is 5.92 Å². The second-order valence-corrected chi connectivity index (χ2v) is 7.58. The van der Waals surface area contributed by atoms with Crippen molar-refractivity contribution in [3.05, 3.63) is 17.8 Å². The third kappa shape index (κ3) is 5.51. The molecular weight excluding hydrogens is 302 g/mol. The fraction of sp³-hybridized carbons (Fsp3) is 0.778. The Hall–Kier alpha value is -1.56. The lowest BCUT2D eigenvalue weighted by Gasteiger charge is -2.32. The van der Waals surface area contributed by atoms with Crippen LogP contribution in [0.4, 0.5) is 0 Å². The van der Waals surface area contributed by atoms with Crippen molar-refractivity contribution in [2.45, 2.75) is 52.5 Å². The molecule has 6 heteroatoms. The van der Waals surface area contributed by atoms with Gasteiger partial charge in [-0.2, -0.15) is 0 Å². The number of guanidine groups is 1. The van der Waals surface area contributed by atoms with E-state index in [0.29, 0.717) is 18.4 Å². The average Bonchev–Trinajstić information content (AvgIpc) is 3.04. The van der Waals surface area contributed by atoms with Crippen LogP contribution >= 0.6 is 0 Å². The first kappa shape index (κ1) is 18.8. The van der Waals surface area contributed by atoms with Crippen LogP contribution in [0.1, 0.15) is 52.2 Å². The van der Waals surface area contributed by atoms with E-state index in [2.05, 4.69) is 53.2 Å². The van der Waals surface area contributed by atoms with E-state index in [-0.39, 0.29) is 5.41 Å². The zero-order chi connectivity index (χ0) is 17.6. The maximum Gasteiger partial charge on any atom is 0.213 e. The van der Waals surface area contributed by atoms with Gasteiger partial charge in [0.15, 0.2) is 5.96 Å². The number of piperidine rings is 1. The fourth-order valence-corrected chi connectivity index (χ4v) is 2.96. The van der Waals surface area contributed by atoms with Gasteiger partial charge in [-0.1, -0.05) is 27.7 Å². The van der Waals surface area contributed by atoms with E-state index >= 15 is 0 Å². The van der Waals surface area contributed by atoms with Gasteiger partial charge in [0.1, 0.15) is 5.76 Å². The first-order valence-electron chi connectivity index (χ1n) is 9.04. The summed E-state index contributed by atoms with van der Waals surface area (Å²) in [6.07, 6.45) is 4.39. The van der Waals surface area contributed by atoms with E-state index in [1.807, 2.05) is 6.20 Å². The lowest BCUT2D eigenvalue weighted by Crippen LogP contribution is -2.44. The molecule has 1 saturated heterocycles. The molecule has 1 aromatic heterocycles. The summed E-state index contributed by atoms with van der Waals surface area (Å²) in [5.74, 6) is 3.09. The minimum atomic E-state index is -0.0166. The number of rotatable bonds is 5. The molecule has 0 aliphatic carbocycles. The standard InChI is InChI=1S/C18H33N5O/c1-6-23-9-7-8-14(13-23)10-21-17(19-5)22-12-16-20-11-15(24-16)18(2,3)4/h11,14H,6-10,12-13H2,1-5H3,(H2,19,21,22). The first-order chi connectivity index (χ1) is 11.4. The number of aliphatic imine (C=N–C) groups is 1. The SMILES string of the molecule is CCN1CCCC(CNC(=NC)NCc2ncc(C(C)(C)C)o2)C1. The zero-order valence-corrected chi connectivity index (χ0v) is 15.9. The minimum Gasteiger partial charge on any atom is -0.443 e. The van der Waals surface area contributed by atoms with Crippen LogP contribution in [-0.4, -0.2) is 49.1 Å². The Morgan fingerprint density at radius 3 is 2.83 bits per heavy atom. The summed E-state index contributed by atoms with van der Waals surface area (Å²) >= 11 is 0. The number of likely N-dealkylation sites (tertiary alicyclic amines) is 1. The van der Waals surface area contributed by atoms with Crippen LogP contribution in [0.2, 0.25) is 0 Å². The Kier molecular flexibility index (Phi) is 6.66. The summed E-state index contributed by atoms with van der Waals surface area (Å²) in [7, 11) is 1.80. The van der Waals surface area contributed by atoms with E-state index in [1.165, 1.54) is 25.9 Å². The quantitative estimate of drug-likeness (QED) is 0.639. The van der Waals surface area contributed by atoms with E-state index in [4.69, 9.17) is 4.42 Å². The van der Waals surface area contributed by atoms with Crippen molar-refractivity contribution in [2.24, 2.45) is 10.9 Å². The van der Waals surface area contributed by atoms with Gasteiger partial charge in [0.05, 0.1) is 12.7 Å². The van der Waals surface area contributed by atoms with Crippen LogP contribution in [0.25, 0.3) is 0 Å². The second kappa shape index (κ2) is 8.51. The Balaban J connectivity index is 1.77. The monoisotopic (exact) mass is 335 g/mol. The second-order valence-electron chi connectivity index (χ2n) is 7.58. The van der Waals surface area contributed by atoms with Gasteiger partial charge in [-0.15, -0.1) is 0 Å². The van der Waals surface area contributed by atoms with Gasteiger partial charge in [0.2, 0.25) is 5.89 Å². The Morgan fingerprint density at radius 2 is 2.21 bits per heavy atom. The summed E-state index contributed by atoms with van der Waals surface area (Å²) in [5.41, 5.74) is -0.0166. The number of nitrogens with zero attached hydrogens (tertiary/aromatic N) is 3. The van der Waals surface area contributed by atoms with Crippen molar-refractivity contribution in [1.82, 2.24) is 20.5 Å².